The first-order valence-electron chi connectivity index (χ1n) is 5.92. The second-order valence-electron chi connectivity index (χ2n) is 4.76. The average Bonchev–Trinajstić information content (AvgIpc) is 3.12. The van der Waals surface area contributed by atoms with Gasteiger partial charge in [0.15, 0.2) is 5.96 Å². The van der Waals surface area contributed by atoms with Gasteiger partial charge < -0.3 is 16.2 Å². The Morgan fingerprint density at radius 2 is 2.06 bits per heavy atom. The smallest absolute Gasteiger partial charge is 0.188 e. The predicted molar refractivity (Wildman–Crippen MR) is 84.1 cm³/mol. The molecule has 2 rings (SSSR count). The topological polar surface area (TPSA) is 70.6 Å². The van der Waals surface area contributed by atoms with E-state index in [4.69, 9.17) is 5.73 Å². The van der Waals surface area contributed by atoms with Crippen LogP contribution in [0.1, 0.15) is 25.3 Å². The van der Waals surface area contributed by atoms with Crippen LogP contribution in [0.4, 0.5) is 0 Å². The number of hydrogen-bond acceptors (Lipinski definition) is 2. The lowest BCUT2D eigenvalue weighted by molar-refractivity contribution is 0.0673. The number of benzene rings is 1. The van der Waals surface area contributed by atoms with Crippen molar-refractivity contribution in [1.29, 1.82) is 0 Å². The van der Waals surface area contributed by atoms with E-state index >= 15 is 0 Å². The number of nitrogens with zero attached hydrogens (tertiary/aromatic N) is 1. The second kappa shape index (κ2) is 6.38. The summed E-state index contributed by atoms with van der Waals surface area (Å²) < 4.78 is 0. The highest BCUT2D eigenvalue weighted by atomic mass is 127. The number of nitrogens with one attached hydrogen (secondary N) is 1. The molecule has 4 N–H and O–H groups in total. The molecule has 1 saturated carbocycles. The number of guanidine groups is 1. The third-order valence-electron chi connectivity index (χ3n) is 2.88. The van der Waals surface area contributed by atoms with Gasteiger partial charge in [0.1, 0.15) is 5.60 Å². The van der Waals surface area contributed by atoms with Crippen LogP contribution in [0.2, 0.25) is 0 Å². The molecule has 0 saturated heterocycles. The lowest BCUT2D eigenvalue weighted by atomic mass is 9.96. The summed E-state index contributed by atoms with van der Waals surface area (Å²) in [5.41, 5.74) is 5.60. The summed E-state index contributed by atoms with van der Waals surface area (Å²) in [6.07, 6.45) is 2.32. The third kappa shape index (κ3) is 4.45. The first-order chi connectivity index (χ1) is 8.08. The van der Waals surface area contributed by atoms with E-state index in [0.717, 1.165) is 18.4 Å². The van der Waals surface area contributed by atoms with E-state index < -0.39 is 5.60 Å². The molecule has 4 nitrogen and oxygen atoms in total. The van der Waals surface area contributed by atoms with Crippen LogP contribution >= 0.6 is 24.0 Å². The minimum absolute atomic E-state index is 0. The Kier molecular flexibility index (Phi) is 5.40. The summed E-state index contributed by atoms with van der Waals surface area (Å²) in [5, 5.41) is 13.4. The minimum atomic E-state index is -0.975. The first kappa shape index (κ1) is 15.2. The molecular formula is C13H20IN3O. The highest BCUT2D eigenvalue weighted by Crippen LogP contribution is 2.21. The number of rotatable bonds is 4. The van der Waals surface area contributed by atoms with Gasteiger partial charge in [0.2, 0.25) is 0 Å². The van der Waals surface area contributed by atoms with Gasteiger partial charge in [-0.1, -0.05) is 30.3 Å². The molecule has 5 heteroatoms. The Morgan fingerprint density at radius 1 is 1.44 bits per heavy atom. The molecule has 1 aliphatic carbocycles. The maximum atomic E-state index is 10.3. The molecule has 1 atom stereocenters. The van der Waals surface area contributed by atoms with Gasteiger partial charge in [-0.15, -0.1) is 24.0 Å². The van der Waals surface area contributed by atoms with E-state index in [1.54, 1.807) is 6.92 Å². The summed E-state index contributed by atoms with van der Waals surface area (Å²) in [4.78, 5) is 4.19. The normalized spacial score (nSPS) is 18.7. The molecule has 1 fully saturated rings. The summed E-state index contributed by atoms with van der Waals surface area (Å²) in [6, 6.07) is 9.99. The van der Waals surface area contributed by atoms with Crippen molar-refractivity contribution < 1.29 is 5.11 Å². The van der Waals surface area contributed by atoms with Crippen LogP contribution in [0.15, 0.2) is 35.3 Å². The van der Waals surface area contributed by atoms with Crippen LogP contribution in [0.3, 0.4) is 0 Å². The second-order valence-corrected chi connectivity index (χ2v) is 4.76. The molecule has 100 valence electrons. The van der Waals surface area contributed by atoms with Gasteiger partial charge in [-0.2, -0.15) is 0 Å². The van der Waals surface area contributed by atoms with Gasteiger partial charge in [-0.3, -0.25) is 4.99 Å². The Labute approximate surface area is 125 Å². The maximum Gasteiger partial charge on any atom is 0.188 e. The van der Waals surface area contributed by atoms with Crippen LogP contribution < -0.4 is 11.1 Å². The van der Waals surface area contributed by atoms with E-state index in [2.05, 4.69) is 10.3 Å². The first-order valence-corrected chi connectivity index (χ1v) is 5.92. The monoisotopic (exact) mass is 361 g/mol. The standard InChI is InChI=1S/C13H19N3O.HI/c1-13(17,10-5-3-2-4-6-10)9-15-12(14)16-11-7-8-11;/h2-6,11,17H,7-9H2,1H3,(H3,14,15,16);1H. The van der Waals surface area contributed by atoms with Crippen molar-refractivity contribution in [3.8, 4) is 0 Å². The molecule has 1 aromatic carbocycles. The average molecular weight is 361 g/mol. The van der Waals surface area contributed by atoms with Crippen LogP contribution in [-0.2, 0) is 5.60 Å². The number of nitrogens with two attached hydrogens (primary N) is 1. The number of aliphatic imine (C=N–C) groups is 1. The highest BCUT2D eigenvalue weighted by Gasteiger charge is 2.24. The molecule has 0 bridgehead atoms. The zero-order valence-electron chi connectivity index (χ0n) is 10.5. The highest BCUT2D eigenvalue weighted by molar-refractivity contribution is 14.0. The SMILES string of the molecule is CC(O)(CN=C(N)NC1CC1)c1ccccc1.I. The number of halogens is 1. The van der Waals surface area contributed by atoms with Crippen LogP contribution in [0, 0.1) is 0 Å². The fourth-order valence-corrected chi connectivity index (χ4v) is 1.61. The fourth-order valence-electron chi connectivity index (χ4n) is 1.61. The minimum Gasteiger partial charge on any atom is -0.384 e. The van der Waals surface area contributed by atoms with Gasteiger partial charge in [0.05, 0.1) is 6.54 Å². The van der Waals surface area contributed by atoms with Gasteiger partial charge in [0.25, 0.3) is 0 Å². The van der Waals surface area contributed by atoms with Crippen molar-refractivity contribution in [2.75, 3.05) is 6.54 Å². The zero-order chi connectivity index (χ0) is 12.3. The third-order valence-corrected chi connectivity index (χ3v) is 2.88. The molecule has 1 aliphatic rings. The molecule has 0 radical (unpaired) electrons. The van der Waals surface area contributed by atoms with Crippen molar-refractivity contribution in [3.05, 3.63) is 35.9 Å². The molecule has 1 unspecified atom stereocenters. The van der Waals surface area contributed by atoms with E-state index in [0.29, 0.717) is 12.0 Å². The van der Waals surface area contributed by atoms with E-state index in [9.17, 15) is 5.11 Å². The molecular weight excluding hydrogens is 341 g/mol. The van der Waals surface area contributed by atoms with E-state index in [-0.39, 0.29) is 30.5 Å². The fraction of sp³-hybridized carbons (Fsp3) is 0.462. The predicted octanol–water partition coefficient (Wildman–Crippen LogP) is 1.58. The Hall–Kier alpha value is -0.820. The van der Waals surface area contributed by atoms with Crippen molar-refractivity contribution in [2.45, 2.75) is 31.4 Å². The Balaban J connectivity index is 0.00000162. The van der Waals surface area contributed by atoms with Gasteiger partial charge in [-0.05, 0) is 25.3 Å². The summed E-state index contributed by atoms with van der Waals surface area (Å²) in [6.45, 7) is 2.01. The number of hydrogen-bond donors (Lipinski definition) is 3. The molecule has 0 spiro atoms. The Morgan fingerprint density at radius 3 is 2.61 bits per heavy atom. The van der Waals surface area contributed by atoms with Gasteiger partial charge in [-0.25, -0.2) is 0 Å². The summed E-state index contributed by atoms with van der Waals surface area (Å²) in [5.74, 6) is 0.420. The van der Waals surface area contributed by atoms with Gasteiger partial charge in [0, 0.05) is 6.04 Å². The van der Waals surface area contributed by atoms with Crippen molar-refractivity contribution in [1.82, 2.24) is 5.32 Å². The lowest BCUT2D eigenvalue weighted by Gasteiger charge is -2.21. The lowest BCUT2D eigenvalue weighted by Crippen LogP contribution is -2.35. The zero-order valence-corrected chi connectivity index (χ0v) is 12.8. The Bertz CT molecular complexity index is 402. The van der Waals surface area contributed by atoms with Crippen LogP contribution in [0.25, 0.3) is 0 Å². The van der Waals surface area contributed by atoms with Crippen molar-refractivity contribution in [3.63, 3.8) is 0 Å². The maximum absolute atomic E-state index is 10.3. The van der Waals surface area contributed by atoms with Crippen LogP contribution in [0.5, 0.6) is 0 Å². The molecule has 0 aliphatic heterocycles. The van der Waals surface area contributed by atoms with Crippen molar-refractivity contribution >= 4 is 29.9 Å². The number of aliphatic hydroxyl groups is 1. The quantitative estimate of drug-likeness (QED) is 0.433. The van der Waals surface area contributed by atoms with E-state index in [1.165, 1.54) is 0 Å². The largest absolute Gasteiger partial charge is 0.384 e. The van der Waals surface area contributed by atoms with Crippen LogP contribution in [-0.4, -0.2) is 23.7 Å². The molecule has 0 heterocycles. The molecule has 0 aromatic heterocycles. The molecule has 18 heavy (non-hydrogen) atoms. The molecule has 1 aromatic rings. The van der Waals surface area contributed by atoms with Gasteiger partial charge >= 0.3 is 0 Å². The molecule has 0 amide bonds. The summed E-state index contributed by atoms with van der Waals surface area (Å²) in [7, 11) is 0. The van der Waals surface area contributed by atoms with Crippen molar-refractivity contribution in [2.24, 2.45) is 10.7 Å². The van der Waals surface area contributed by atoms with E-state index in [1.807, 2.05) is 30.3 Å². The summed E-state index contributed by atoms with van der Waals surface area (Å²) >= 11 is 0.